The maximum absolute atomic E-state index is 9.76. The second-order valence-corrected chi connectivity index (χ2v) is 3.52. The third-order valence-corrected chi connectivity index (χ3v) is 2.65. The van der Waals surface area contributed by atoms with Gasteiger partial charge in [-0.2, -0.15) is 0 Å². The molecule has 4 heteroatoms. The van der Waals surface area contributed by atoms with Crippen LogP contribution in [0.4, 0.5) is 0 Å². The molecule has 0 radical (unpaired) electrons. The van der Waals surface area contributed by atoms with Gasteiger partial charge in [0.2, 0.25) is 11.8 Å². The van der Waals surface area contributed by atoms with Crippen molar-refractivity contribution in [3.05, 3.63) is 11.1 Å². The smallest absolute Gasteiger partial charge is 0.232 e. The maximum Gasteiger partial charge on any atom is 0.232 e. The van der Waals surface area contributed by atoms with Crippen molar-refractivity contribution in [2.24, 2.45) is 0 Å². The third kappa shape index (κ3) is 1.22. The summed E-state index contributed by atoms with van der Waals surface area (Å²) in [6.07, 6.45) is 3.79. The van der Waals surface area contributed by atoms with E-state index >= 15 is 0 Å². The van der Waals surface area contributed by atoms with Gasteiger partial charge in [0.1, 0.15) is 6.61 Å². The lowest BCUT2D eigenvalue weighted by atomic mass is 9.95. The molecule has 0 saturated carbocycles. The molecule has 78 valence electrons. The number of hydrogen-bond donors (Lipinski definition) is 2. The summed E-state index contributed by atoms with van der Waals surface area (Å²) in [5.41, 5.74) is 1.70. The molecular weight excluding hydrogens is 182 g/mol. The SMILES string of the molecule is CCOn1c(O)c2c(c1O)CCCC2. The van der Waals surface area contributed by atoms with Crippen LogP contribution in [0.5, 0.6) is 11.8 Å². The second kappa shape index (κ2) is 3.44. The lowest BCUT2D eigenvalue weighted by Crippen LogP contribution is -2.09. The Kier molecular flexibility index (Phi) is 2.27. The van der Waals surface area contributed by atoms with E-state index in [1.165, 1.54) is 0 Å². The van der Waals surface area contributed by atoms with E-state index in [4.69, 9.17) is 4.84 Å². The van der Waals surface area contributed by atoms with Crippen LogP contribution in [0.2, 0.25) is 0 Å². The normalized spacial score (nSPS) is 15.2. The molecule has 0 bridgehead atoms. The Bertz CT molecular complexity index is 314. The number of aromatic hydroxyl groups is 2. The van der Waals surface area contributed by atoms with E-state index in [-0.39, 0.29) is 11.8 Å². The molecule has 0 unspecified atom stereocenters. The first-order chi connectivity index (χ1) is 6.75. The fourth-order valence-electron chi connectivity index (χ4n) is 2.00. The van der Waals surface area contributed by atoms with E-state index in [1.54, 1.807) is 0 Å². The van der Waals surface area contributed by atoms with Crippen molar-refractivity contribution in [2.75, 3.05) is 6.61 Å². The van der Waals surface area contributed by atoms with Crippen molar-refractivity contribution in [1.82, 2.24) is 4.73 Å². The van der Waals surface area contributed by atoms with Gasteiger partial charge in [-0.05, 0) is 32.6 Å². The van der Waals surface area contributed by atoms with Gasteiger partial charge in [-0.15, -0.1) is 4.73 Å². The highest BCUT2D eigenvalue weighted by molar-refractivity contribution is 5.45. The van der Waals surface area contributed by atoms with Crippen LogP contribution in [-0.4, -0.2) is 21.6 Å². The molecule has 0 amide bonds. The van der Waals surface area contributed by atoms with Gasteiger partial charge in [0.25, 0.3) is 0 Å². The summed E-state index contributed by atoms with van der Waals surface area (Å²) in [5, 5.41) is 19.5. The van der Waals surface area contributed by atoms with E-state index in [0.29, 0.717) is 6.61 Å². The molecule has 2 N–H and O–H groups in total. The molecule has 0 atom stereocenters. The van der Waals surface area contributed by atoms with Gasteiger partial charge >= 0.3 is 0 Å². The van der Waals surface area contributed by atoms with E-state index < -0.39 is 0 Å². The van der Waals surface area contributed by atoms with Gasteiger partial charge in [-0.3, -0.25) is 0 Å². The molecule has 0 aromatic carbocycles. The third-order valence-electron chi connectivity index (χ3n) is 2.65. The average Bonchev–Trinajstić information content (AvgIpc) is 2.45. The Morgan fingerprint density at radius 1 is 1.14 bits per heavy atom. The summed E-state index contributed by atoms with van der Waals surface area (Å²) in [7, 11) is 0. The molecule has 4 nitrogen and oxygen atoms in total. The minimum atomic E-state index is 0.0686. The Balaban J connectivity index is 2.46. The van der Waals surface area contributed by atoms with Crippen molar-refractivity contribution in [2.45, 2.75) is 32.6 Å². The Morgan fingerprint density at radius 2 is 1.64 bits per heavy atom. The van der Waals surface area contributed by atoms with Crippen LogP contribution in [0.3, 0.4) is 0 Å². The number of nitrogens with zero attached hydrogens (tertiary/aromatic N) is 1. The zero-order chi connectivity index (χ0) is 10.1. The molecule has 2 rings (SSSR count). The van der Waals surface area contributed by atoms with Gasteiger partial charge in [0.15, 0.2) is 0 Å². The van der Waals surface area contributed by atoms with Crippen LogP contribution in [0, 0.1) is 0 Å². The van der Waals surface area contributed by atoms with E-state index in [9.17, 15) is 10.2 Å². The number of fused-ring (bicyclic) bond motifs is 1. The van der Waals surface area contributed by atoms with Crippen LogP contribution in [0.1, 0.15) is 30.9 Å². The average molecular weight is 197 g/mol. The Morgan fingerprint density at radius 3 is 2.07 bits per heavy atom. The lowest BCUT2D eigenvalue weighted by molar-refractivity contribution is 0.0837. The molecule has 1 aliphatic rings. The Labute approximate surface area is 82.7 Å². The van der Waals surface area contributed by atoms with Gasteiger partial charge in [0.05, 0.1) is 0 Å². The molecule has 1 aromatic heterocycles. The van der Waals surface area contributed by atoms with E-state index in [0.717, 1.165) is 41.5 Å². The summed E-state index contributed by atoms with van der Waals surface area (Å²) in [6, 6.07) is 0. The van der Waals surface area contributed by atoms with Gasteiger partial charge < -0.3 is 15.1 Å². The predicted octanol–water partition coefficient (Wildman–Crippen LogP) is 1.23. The number of aromatic nitrogens is 1. The van der Waals surface area contributed by atoms with Crippen molar-refractivity contribution < 1.29 is 15.1 Å². The Hall–Kier alpha value is -1.32. The molecular formula is C10H15NO3. The van der Waals surface area contributed by atoms with E-state index in [2.05, 4.69) is 0 Å². The molecule has 0 fully saturated rings. The maximum atomic E-state index is 9.76. The highest BCUT2D eigenvalue weighted by Crippen LogP contribution is 2.37. The first-order valence-corrected chi connectivity index (χ1v) is 5.03. The highest BCUT2D eigenvalue weighted by atomic mass is 16.7. The molecule has 1 heterocycles. The highest BCUT2D eigenvalue weighted by Gasteiger charge is 2.25. The zero-order valence-corrected chi connectivity index (χ0v) is 8.29. The van der Waals surface area contributed by atoms with Gasteiger partial charge in [0, 0.05) is 11.1 Å². The minimum Gasteiger partial charge on any atom is -0.492 e. The first kappa shape index (κ1) is 9.24. The van der Waals surface area contributed by atoms with Crippen LogP contribution in [0.25, 0.3) is 0 Å². The summed E-state index contributed by atoms with van der Waals surface area (Å²) in [5.74, 6) is 0.137. The lowest BCUT2D eigenvalue weighted by Gasteiger charge is -2.09. The van der Waals surface area contributed by atoms with Crippen molar-refractivity contribution in [1.29, 1.82) is 0 Å². The molecule has 1 aliphatic carbocycles. The standard InChI is InChI=1S/C10H15NO3/c1-2-14-11-9(12)7-5-3-4-6-8(7)10(11)13/h12-13H,2-6H2,1H3. The molecule has 0 aliphatic heterocycles. The largest absolute Gasteiger partial charge is 0.492 e. The van der Waals surface area contributed by atoms with Crippen molar-refractivity contribution in [3.63, 3.8) is 0 Å². The molecule has 14 heavy (non-hydrogen) atoms. The van der Waals surface area contributed by atoms with Gasteiger partial charge in [-0.25, -0.2) is 0 Å². The van der Waals surface area contributed by atoms with Crippen LogP contribution in [0.15, 0.2) is 0 Å². The topological polar surface area (TPSA) is 54.6 Å². The van der Waals surface area contributed by atoms with Gasteiger partial charge in [-0.1, -0.05) is 0 Å². The molecule has 1 aromatic rings. The van der Waals surface area contributed by atoms with Crippen LogP contribution >= 0.6 is 0 Å². The van der Waals surface area contributed by atoms with Crippen LogP contribution < -0.4 is 4.84 Å². The molecule has 0 saturated heterocycles. The number of rotatable bonds is 2. The number of hydrogen-bond acceptors (Lipinski definition) is 3. The van der Waals surface area contributed by atoms with Crippen molar-refractivity contribution in [3.8, 4) is 11.8 Å². The summed E-state index contributed by atoms with van der Waals surface area (Å²) < 4.78 is 1.13. The molecule has 0 spiro atoms. The van der Waals surface area contributed by atoms with E-state index in [1.807, 2.05) is 6.92 Å². The fraction of sp³-hybridized carbons (Fsp3) is 0.600. The van der Waals surface area contributed by atoms with Crippen LogP contribution in [-0.2, 0) is 12.8 Å². The minimum absolute atomic E-state index is 0.0686. The quantitative estimate of drug-likeness (QED) is 0.749. The summed E-state index contributed by atoms with van der Waals surface area (Å²) in [6.45, 7) is 2.24. The second-order valence-electron chi connectivity index (χ2n) is 3.52. The summed E-state index contributed by atoms with van der Waals surface area (Å²) in [4.78, 5) is 5.14. The summed E-state index contributed by atoms with van der Waals surface area (Å²) >= 11 is 0. The fourth-order valence-corrected chi connectivity index (χ4v) is 2.00. The van der Waals surface area contributed by atoms with Crippen molar-refractivity contribution >= 4 is 0 Å². The first-order valence-electron chi connectivity index (χ1n) is 5.03. The predicted molar refractivity (Wildman–Crippen MR) is 51.5 cm³/mol. The zero-order valence-electron chi connectivity index (χ0n) is 8.29. The monoisotopic (exact) mass is 197 g/mol.